The molecule has 1 atom stereocenters. The Labute approximate surface area is 96.1 Å². The summed E-state index contributed by atoms with van der Waals surface area (Å²) in [4.78, 5) is 11.2. The van der Waals surface area contributed by atoms with E-state index in [2.05, 4.69) is 0 Å². The van der Waals surface area contributed by atoms with Crippen molar-refractivity contribution in [2.24, 2.45) is 0 Å². The van der Waals surface area contributed by atoms with Crippen molar-refractivity contribution in [2.75, 3.05) is 6.61 Å². The van der Waals surface area contributed by atoms with Gasteiger partial charge in [-0.15, -0.1) is 0 Å². The average molecular weight is 222 g/mol. The van der Waals surface area contributed by atoms with Crippen molar-refractivity contribution in [3.05, 3.63) is 29.8 Å². The van der Waals surface area contributed by atoms with E-state index in [1.165, 1.54) is 0 Å². The number of carbonyl (C=O) groups is 1. The summed E-state index contributed by atoms with van der Waals surface area (Å²) in [6, 6.07) is 7.19. The van der Waals surface area contributed by atoms with E-state index in [-0.39, 0.29) is 12.2 Å². The first-order chi connectivity index (χ1) is 7.67. The van der Waals surface area contributed by atoms with Crippen LogP contribution in [0.1, 0.15) is 38.4 Å². The molecule has 0 saturated heterocycles. The van der Waals surface area contributed by atoms with Gasteiger partial charge in [-0.1, -0.05) is 19.1 Å². The summed E-state index contributed by atoms with van der Waals surface area (Å²) in [6.45, 7) is 4.34. The van der Waals surface area contributed by atoms with Crippen molar-refractivity contribution in [1.29, 1.82) is 0 Å². The van der Waals surface area contributed by atoms with Crippen LogP contribution in [0.5, 0.6) is 5.75 Å². The van der Waals surface area contributed by atoms with E-state index in [1.54, 1.807) is 31.2 Å². The first-order valence-corrected chi connectivity index (χ1v) is 5.59. The van der Waals surface area contributed by atoms with Crippen molar-refractivity contribution in [1.82, 2.24) is 0 Å². The van der Waals surface area contributed by atoms with Gasteiger partial charge in [0.15, 0.2) is 0 Å². The lowest BCUT2D eigenvalue weighted by atomic mass is 10.0. The average Bonchev–Trinajstić information content (AvgIpc) is 2.30. The van der Waals surface area contributed by atoms with Gasteiger partial charge in [0, 0.05) is 12.8 Å². The van der Waals surface area contributed by atoms with Gasteiger partial charge in [0.2, 0.25) is 0 Å². The van der Waals surface area contributed by atoms with Crippen molar-refractivity contribution >= 4 is 5.78 Å². The molecule has 1 unspecified atom stereocenters. The van der Waals surface area contributed by atoms with Gasteiger partial charge in [-0.25, -0.2) is 0 Å². The summed E-state index contributed by atoms with van der Waals surface area (Å²) in [5, 5.41) is 9.78. The Morgan fingerprint density at radius 3 is 2.44 bits per heavy atom. The van der Waals surface area contributed by atoms with Gasteiger partial charge >= 0.3 is 0 Å². The van der Waals surface area contributed by atoms with Crippen LogP contribution in [0.15, 0.2) is 24.3 Å². The van der Waals surface area contributed by atoms with E-state index in [1.807, 2.05) is 6.92 Å². The molecule has 0 fully saturated rings. The molecule has 0 aliphatic heterocycles. The summed E-state index contributed by atoms with van der Waals surface area (Å²) >= 11 is 0. The predicted molar refractivity (Wildman–Crippen MR) is 62.5 cm³/mol. The highest BCUT2D eigenvalue weighted by molar-refractivity contribution is 5.78. The number of hydrogen-bond acceptors (Lipinski definition) is 3. The minimum absolute atomic E-state index is 0.0707. The van der Waals surface area contributed by atoms with Crippen LogP contribution in [0.25, 0.3) is 0 Å². The summed E-state index contributed by atoms with van der Waals surface area (Å²) in [5.74, 6) is 0.849. The molecule has 1 aromatic carbocycles. The fourth-order valence-corrected chi connectivity index (χ4v) is 1.43. The molecular weight excluding hydrogens is 204 g/mol. The second-order valence-electron chi connectivity index (χ2n) is 3.61. The fourth-order valence-electron chi connectivity index (χ4n) is 1.43. The molecule has 0 spiro atoms. The number of benzene rings is 1. The van der Waals surface area contributed by atoms with Gasteiger partial charge in [-0.2, -0.15) is 0 Å². The summed E-state index contributed by atoms with van der Waals surface area (Å²) in [7, 11) is 0. The minimum Gasteiger partial charge on any atom is -0.494 e. The van der Waals surface area contributed by atoms with Crippen LogP contribution >= 0.6 is 0 Å². The Hall–Kier alpha value is -1.35. The molecule has 88 valence electrons. The lowest BCUT2D eigenvalue weighted by Crippen LogP contribution is -2.05. The second kappa shape index (κ2) is 6.28. The highest BCUT2D eigenvalue weighted by Gasteiger charge is 2.11. The number of carbonyl (C=O) groups excluding carboxylic acids is 1. The molecule has 0 bridgehead atoms. The Bertz CT molecular complexity index is 330. The number of rotatable bonds is 6. The first-order valence-electron chi connectivity index (χ1n) is 5.59. The van der Waals surface area contributed by atoms with E-state index >= 15 is 0 Å². The smallest absolute Gasteiger partial charge is 0.135 e. The normalized spacial score (nSPS) is 12.2. The van der Waals surface area contributed by atoms with Gasteiger partial charge in [-0.05, 0) is 24.6 Å². The molecule has 0 aromatic heterocycles. The number of ketones is 1. The molecule has 0 heterocycles. The lowest BCUT2D eigenvalue weighted by Gasteiger charge is -2.10. The summed E-state index contributed by atoms with van der Waals surface area (Å²) < 4.78 is 5.29. The van der Waals surface area contributed by atoms with Gasteiger partial charge in [-0.3, -0.25) is 4.79 Å². The fraction of sp³-hybridized carbons (Fsp3) is 0.462. The van der Waals surface area contributed by atoms with Gasteiger partial charge in [0.1, 0.15) is 11.5 Å². The second-order valence-corrected chi connectivity index (χ2v) is 3.61. The van der Waals surface area contributed by atoms with Gasteiger partial charge < -0.3 is 9.84 Å². The first kappa shape index (κ1) is 12.7. The van der Waals surface area contributed by atoms with Crippen LogP contribution in [0.3, 0.4) is 0 Å². The maximum Gasteiger partial charge on any atom is 0.135 e. The Morgan fingerprint density at radius 2 is 1.94 bits per heavy atom. The SMILES string of the molecule is CCOc1ccc(C(O)CC(=O)CC)cc1. The van der Waals surface area contributed by atoms with Crippen molar-refractivity contribution in [2.45, 2.75) is 32.8 Å². The van der Waals surface area contributed by atoms with E-state index in [0.717, 1.165) is 11.3 Å². The third-order valence-corrected chi connectivity index (χ3v) is 2.39. The van der Waals surface area contributed by atoms with Crippen LogP contribution in [-0.2, 0) is 4.79 Å². The van der Waals surface area contributed by atoms with Crippen LogP contribution in [0.2, 0.25) is 0 Å². The van der Waals surface area contributed by atoms with Crippen LogP contribution in [0, 0.1) is 0 Å². The van der Waals surface area contributed by atoms with Gasteiger partial charge in [0.25, 0.3) is 0 Å². The Balaban J connectivity index is 2.62. The zero-order valence-electron chi connectivity index (χ0n) is 9.77. The maximum absolute atomic E-state index is 11.2. The number of aliphatic hydroxyl groups is 1. The topological polar surface area (TPSA) is 46.5 Å². The highest BCUT2D eigenvalue weighted by Crippen LogP contribution is 2.20. The molecule has 1 aromatic rings. The monoisotopic (exact) mass is 222 g/mol. The van der Waals surface area contributed by atoms with E-state index in [0.29, 0.717) is 13.0 Å². The maximum atomic E-state index is 11.2. The number of aliphatic hydroxyl groups excluding tert-OH is 1. The Kier molecular flexibility index (Phi) is 4.99. The predicted octanol–water partition coefficient (Wildman–Crippen LogP) is 2.49. The van der Waals surface area contributed by atoms with Crippen LogP contribution in [-0.4, -0.2) is 17.5 Å². The van der Waals surface area contributed by atoms with E-state index in [4.69, 9.17) is 4.74 Å². The molecule has 1 rings (SSSR count). The van der Waals surface area contributed by atoms with Gasteiger partial charge in [0.05, 0.1) is 12.7 Å². The third kappa shape index (κ3) is 3.66. The molecule has 16 heavy (non-hydrogen) atoms. The minimum atomic E-state index is -0.705. The summed E-state index contributed by atoms with van der Waals surface area (Å²) in [6.07, 6.45) is -0.0541. The zero-order valence-corrected chi connectivity index (χ0v) is 9.77. The number of Topliss-reactive ketones (excluding diaryl/α,β-unsaturated/α-hetero) is 1. The largest absolute Gasteiger partial charge is 0.494 e. The number of hydrogen-bond donors (Lipinski definition) is 1. The number of ether oxygens (including phenoxy) is 1. The van der Waals surface area contributed by atoms with Crippen LogP contribution < -0.4 is 4.74 Å². The molecule has 1 N–H and O–H groups in total. The third-order valence-electron chi connectivity index (χ3n) is 2.39. The standard InChI is InChI=1S/C13H18O3/c1-3-11(14)9-13(15)10-5-7-12(8-6-10)16-4-2/h5-8,13,15H,3-4,9H2,1-2H3. The lowest BCUT2D eigenvalue weighted by molar-refractivity contribution is -0.120. The quantitative estimate of drug-likeness (QED) is 0.804. The highest BCUT2D eigenvalue weighted by atomic mass is 16.5. The van der Waals surface area contributed by atoms with Crippen molar-refractivity contribution in [3.8, 4) is 5.75 Å². The van der Waals surface area contributed by atoms with E-state index < -0.39 is 6.10 Å². The zero-order chi connectivity index (χ0) is 12.0. The molecular formula is C13H18O3. The van der Waals surface area contributed by atoms with Crippen LogP contribution in [0.4, 0.5) is 0 Å². The molecule has 0 amide bonds. The molecule has 0 aliphatic carbocycles. The Morgan fingerprint density at radius 1 is 1.31 bits per heavy atom. The molecule has 3 heteroatoms. The molecule has 0 radical (unpaired) electrons. The molecule has 3 nitrogen and oxygen atoms in total. The summed E-state index contributed by atoms with van der Waals surface area (Å²) in [5.41, 5.74) is 0.755. The molecule has 0 saturated carbocycles. The van der Waals surface area contributed by atoms with Crippen molar-refractivity contribution in [3.63, 3.8) is 0 Å². The van der Waals surface area contributed by atoms with E-state index in [9.17, 15) is 9.90 Å². The molecule has 0 aliphatic rings. The van der Waals surface area contributed by atoms with Crippen molar-refractivity contribution < 1.29 is 14.6 Å².